The molecule has 2 aromatic rings. The van der Waals surface area contributed by atoms with Crippen LogP contribution in [0.1, 0.15) is 44.1 Å². The lowest BCUT2D eigenvalue weighted by atomic mass is 10.1. The molecular weight excluding hydrogens is 402 g/mol. The zero-order chi connectivity index (χ0) is 14.7. The number of hydrogen-bond acceptors (Lipinski definition) is 3. The van der Waals surface area contributed by atoms with E-state index in [0.717, 1.165) is 22.4 Å². The number of nitrogens with zero attached hydrogens (tertiary/aromatic N) is 2. The van der Waals surface area contributed by atoms with Crippen molar-refractivity contribution in [2.45, 2.75) is 39.3 Å². The second kappa shape index (κ2) is 7.20. The van der Waals surface area contributed by atoms with Gasteiger partial charge < -0.3 is 5.32 Å². The Kier molecular flexibility index (Phi) is 5.84. The van der Waals surface area contributed by atoms with Gasteiger partial charge in [0.1, 0.15) is 0 Å². The molecule has 0 spiro atoms. The molecule has 0 saturated heterocycles. The van der Waals surface area contributed by atoms with E-state index in [-0.39, 0.29) is 6.04 Å². The molecule has 0 aliphatic rings. The van der Waals surface area contributed by atoms with E-state index < -0.39 is 0 Å². The predicted molar refractivity (Wildman–Crippen MR) is 92.5 cm³/mol. The van der Waals surface area contributed by atoms with E-state index >= 15 is 0 Å². The Morgan fingerprint density at radius 1 is 1.40 bits per heavy atom. The molecule has 0 saturated carbocycles. The predicted octanol–water partition coefficient (Wildman–Crippen LogP) is 4.94. The van der Waals surface area contributed by atoms with Crippen LogP contribution in [0.4, 0.5) is 0 Å². The lowest BCUT2D eigenvalue weighted by Gasteiger charge is -2.16. The molecule has 0 aliphatic carbocycles. The van der Waals surface area contributed by atoms with E-state index in [4.69, 9.17) is 0 Å². The van der Waals surface area contributed by atoms with Crippen molar-refractivity contribution in [3.05, 3.63) is 37.2 Å². The summed E-state index contributed by atoms with van der Waals surface area (Å²) in [4.78, 5) is 0. The largest absolute Gasteiger partial charge is 0.310 e. The summed E-state index contributed by atoms with van der Waals surface area (Å²) in [6, 6.07) is 4.98. The fourth-order valence-electron chi connectivity index (χ4n) is 2.11. The third-order valence-electron chi connectivity index (χ3n) is 3.11. The summed E-state index contributed by atoms with van der Waals surface area (Å²) in [6.07, 6.45) is 2.96. The fraction of sp³-hybridized carbons (Fsp3) is 0.500. The van der Waals surface area contributed by atoms with E-state index in [1.54, 1.807) is 11.3 Å². The van der Waals surface area contributed by atoms with Crippen LogP contribution in [-0.4, -0.2) is 16.3 Å². The van der Waals surface area contributed by atoms with E-state index in [2.05, 4.69) is 81.4 Å². The SMILES string of the molecule is CCNC(Cc1ccn(C(C)C)n1)c1cc(Br)sc1Br. The van der Waals surface area contributed by atoms with Crippen LogP contribution in [0.5, 0.6) is 0 Å². The van der Waals surface area contributed by atoms with Gasteiger partial charge in [0.05, 0.1) is 13.3 Å². The van der Waals surface area contributed by atoms with Gasteiger partial charge in [-0.05, 0) is 69.9 Å². The molecule has 0 radical (unpaired) electrons. The van der Waals surface area contributed by atoms with Gasteiger partial charge >= 0.3 is 0 Å². The van der Waals surface area contributed by atoms with Crippen LogP contribution < -0.4 is 5.32 Å². The van der Waals surface area contributed by atoms with Crippen molar-refractivity contribution in [3.63, 3.8) is 0 Å². The van der Waals surface area contributed by atoms with Crippen LogP contribution in [0, 0.1) is 0 Å². The highest BCUT2D eigenvalue weighted by Crippen LogP contribution is 2.36. The standard InChI is InChI=1S/C14H19Br2N3S/c1-4-17-12(11-8-13(15)20-14(11)16)7-10-5-6-19(18-10)9(2)3/h5-6,8-9,12,17H,4,7H2,1-3H3. The molecule has 2 heterocycles. The molecule has 2 rings (SSSR count). The molecule has 1 unspecified atom stereocenters. The van der Waals surface area contributed by atoms with Crippen LogP contribution in [0.2, 0.25) is 0 Å². The number of hydrogen-bond donors (Lipinski definition) is 1. The third-order valence-corrected chi connectivity index (χ3v) is 5.50. The number of halogens is 2. The van der Waals surface area contributed by atoms with Crippen molar-refractivity contribution >= 4 is 43.2 Å². The number of nitrogens with one attached hydrogen (secondary N) is 1. The summed E-state index contributed by atoms with van der Waals surface area (Å²) in [5.74, 6) is 0. The Balaban J connectivity index is 2.18. The van der Waals surface area contributed by atoms with Crippen molar-refractivity contribution in [1.29, 1.82) is 0 Å². The Morgan fingerprint density at radius 2 is 2.15 bits per heavy atom. The van der Waals surface area contributed by atoms with Gasteiger partial charge in [0.15, 0.2) is 0 Å². The van der Waals surface area contributed by atoms with Gasteiger partial charge in [-0.15, -0.1) is 11.3 Å². The summed E-state index contributed by atoms with van der Waals surface area (Å²) in [5, 5.41) is 8.19. The molecule has 0 aliphatic heterocycles. The van der Waals surface area contributed by atoms with Crippen LogP contribution in [0.25, 0.3) is 0 Å². The Bertz CT molecular complexity index is 563. The first-order valence-corrected chi connectivity index (χ1v) is 9.13. The first-order chi connectivity index (χ1) is 9.51. The van der Waals surface area contributed by atoms with Crippen molar-refractivity contribution in [3.8, 4) is 0 Å². The molecule has 2 aromatic heterocycles. The minimum absolute atomic E-state index is 0.285. The van der Waals surface area contributed by atoms with E-state index in [1.165, 1.54) is 9.35 Å². The molecule has 0 bridgehead atoms. The van der Waals surface area contributed by atoms with Gasteiger partial charge in [0, 0.05) is 24.7 Å². The van der Waals surface area contributed by atoms with Gasteiger partial charge in [-0.3, -0.25) is 4.68 Å². The average Bonchev–Trinajstić information content (AvgIpc) is 2.95. The molecule has 0 amide bonds. The maximum atomic E-state index is 4.65. The van der Waals surface area contributed by atoms with Gasteiger partial charge in [-0.2, -0.15) is 5.10 Å². The number of thiophene rings is 1. The number of aromatic nitrogens is 2. The van der Waals surface area contributed by atoms with E-state index in [0.29, 0.717) is 6.04 Å². The first kappa shape index (κ1) is 16.2. The van der Waals surface area contributed by atoms with Crippen LogP contribution >= 0.6 is 43.2 Å². The van der Waals surface area contributed by atoms with E-state index in [9.17, 15) is 0 Å². The van der Waals surface area contributed by atoms with Crippen molar-refractivity contribution < 1.29 is 0 Å². The smallest absolute Gasteiger partial charge is 0.0758 e. The lowest BCUT2D eigenvalue weighted by molar-refractivity contribution is 0.506. The zero-order valence-corrected chi connectivity index (χ0v) is 15.8. The normalized spacial score (nSPS) is 13.1. The van der Waals surface area contributed by atoms with Crippen molar-refractivity contribution in [2.75, 3.05) is 6.54 Å². The first-order valence-electron chi connectivity index (χ1n) is 6.73. The number of likely N-dealkylation sites (N-methyl/N-ethyl adjacent to an activating group) is 1. The molecule has 0 aromatic carbocycles. The third kappa shape index (κ3) is 3.93. The molecule has 20 heavy (non-hydrogen) atoms. The zero-order valence-electron chi connectivity index (χ0n) is 11.9. The minimum atomic E-state index is 0.285. The molecule has 1 atom stereocenters. The highest BCUT2D eigenvalue weighted by molar-refractivity contribution is 9.12. The fourth-order valence-corrected chi connectivity index (χ4v) is 5.09. The second-order valence-corrected chi connectivity index (χ2v) is 8.72. The maximum absolute atomic E-state index is 4.65. The lowest BCUT2D eigenvalue weighted by Crippen LogP contribution is -2.23. The second-order valence-electron chi connectivity index (χ2n) is 4.97. The van der Waals surface area contributed by atoms with Crippen LogP contribution in [0.15, 0.2) is 25.9 Å². The maximum Gasteiger partial charge on any atom is 0.0758 e. The van der Waals surface area contributed by atoms with E-state index in [1.807, 2.05) is 4.68 Å². The highest BCUT2D eigenvalue weighted by atomic mass is 79.9. The van der Waals surface area contributed by atoms with Gasteiger partial charge in [0.25, 0.3) is 0 Å². The minimum Gasteiger partial charge on any atom is -0.310 e. The Morgan fingerprint density at radius 3 is 2.65 bits per heavy atom. The van der Waals surface area contributed by atoms with Gasteiger partial charge in [0.2, 0.25) is 0 Å². The average molecular weight is 421 g/mol. The molecular formula is C14H19Br2N3S. The summed E-state index contributed by atoms with van der Waals surface area (Å²) in [5.41, 5.74) is 2.42. The molecule has 3 nitrogen and oxygen atoms in total. The highest BCUT2D eigenvalue weighted by Gasteiger charge is 2.18. The van der Waals surface area contributed by atoms with Gasteiger partial charge in [-0.1, -0.05) is 6.92 Å². The summed E-state index contributed by atoms with van der Waals surface area (Å²) in [6.45, 7) is 7.36. The molecule has 1 N–H and O–H groups in total. The quantitative estimate of drug-likeness (QED) is 0.716. The van der Waals surface area contributed by atoms with Crippen molar-refractivity contribution in [1.82, 2.24) is 15.1 Å². The Labute approximate surface area is 141 Å². The topological polar surface area (TPSA) is 29.9 Å². The van der Waals surface area contributed by atoms with Crippen LogP contribution in [0.3, 0.4) is 0 Å². The van der Waals surface area contributed by atoms with Crippen molar-refractivity contribution in [2.24, 2.45) is 0 Å². The van der Waals surface area contributed by atoms with Crippen LogP contribution in [-0.2, 0) is 6.42 Å². The Hall–Kier alpha value is -0.170. The van der Waals surface area contributed by atoms with Gasteiger partial charge in [-0.25, -0.2) is 0 Å². The molecule has 110 valence electrons. The summed E-state index contributed by atoms with van der Waals surface area (Å²) in [7, 11) is 0. The summed E-state index contributed by atoms with van der Waals surface area (Å²) < 4.78 is 4.34. The molecule has 6 heteroatoms. The molecule has 0 fully saturated rings. The number of rotatable bonds is 6. The summed E-state index contributed by atoms with van der Waals surface area (Å²) >= 11 is 8.92. The monoisotopic (exact) mass is 419 g/mol.